The Balaban J connectivity index is 1.44. The molecule has 2 aliphatic heterocycles. The van der Waals surface area contributed by atoms with Crippen molar-refractivity contribution in [3.63, 3.8) is 0 Å². The maximum atomic E-state index is 10.6. The number of ether oxygens (including phenoxy) is 2. The van der Waals surface area contributed by atoms with Crippen LogP contribution >= 0.6 is 11.8 Å². The average molecular weight is 526 g/mol. The first-order chi connectivity index (χ1) is 16.8. The second-order valence-electron chi connectivity index (χ2n) is 11.7. The molecule has 7 unspecified atom stereocenters. The van der Waals surface area contributed by atoms with Crippen molar-refractivity contribution in [2.24, 2.45) is 22.2 Å². The Kier molecular flexibility index (Phi) is 9.69. The van der Waals surface area contributed by atoms with Crippen LogP contribution in [-0.2, 0) is 9.47 Å². The Morgan fingerprint density at radius 3 is 2.61 bits per heavy atom. The number of rotatable bonds is 13. The molecule has 8 nitrogen and oxygen atoms in total. The van der Waals surface area contributed by atoms with Crippen LogP contribution in [-0.4, -0.2) is 85.5 Å². The van der Waals surface area contributed by atoms with E-state index in [2.05, 4.69) is 38.6 Å². The molecule has 3 rings (SSSR count). The summed E-state index contributed by atoms with van der Waals surface area (Å²) >= 11 is 1.52. The normalized spacial score (nSPS) is 33.0. The van der Waals surface area contributed by atoms with Crippen molar-refractivity contribution >= 4 is 17.6 Å². The third-order valence-corrected chi connectivity index (χ3v) is 8.45. The van der Waals surface area contributed by atoms with Crippen LogP contribution in [0.3, 0.4) is 0 Å². The molecule has 204 valence electrons. The minimum Gasteiger partial charge on any atom is -0.396 e. The number of aliphatic hydroxyl groups excluding tert-OH is 4. The number of hydrogen-bond donors (Lipinski definition) is 5. The summed E-state index contributed by atoms with van der Waals surface area (Å²) in [5.41, 5.74) is 1.07. The van der Waals surface area contributed by atoms with Gasteiger partial charge in [0.05, 0.1) is 54.7 Å². The Morgan fingerprint density at radius 2 is 1.94 bits per heavy atom. The highest BCUT2D eigenvalue weighted by atomic mass is 32.2. The first-order valence-electron chi connectivity index (χ1n) is 12.8. The molecule has 36 heavy (non-hydrogen) atoms. The third kappa shape index (κ3) is 7.10. The van der Waals surface area contributed by atoms with E-state index in [-0.39, 0.29) is 17.1 Å². The topological polar surface area (TPSA) is 132 Å². The van der Waals surface area contributed by atoms with Gasteiger partial charge in [0.15, 0.2) is 5.79 Å². The maximum Gasteiger partial charge on any atom is 0.183 e. The van der Waals surface area contributed by atoms with Crippen LogP contribution in [0.4, 0.5) is 0 Å². The lowest BCUT2D eigenvalue weighted by atomic mass is 9.79. The molecule has 0 bridgehead atoms. The minimum absolute atomic E-state index is 0.0266. The lowest BCUT2D eigenvalue weighted by Crippen LogP contribution is -2.61. The van der Waals surface area contributed by atoms with Gasteiger partial charge >= 0.3 is 0 Å². The van der Waals surface area contributed by atoms with E-state index >= 15 is 0 Å². The number of allylic oxidation sites excluding steroid dienone is 3. The maximum absolute atomic E-state index is 10.6. The zero-order valence-electron chi connectivity index (χ0n) is 22.1. The van der Waals surface area contributed by atoms with Crippen LogP contribution in [0.5, 0.6) is 0 Å². The molecule has 2 heterocycles. The van der Waals surface area contributed by atoms with Gasteiger partial charge in [0, 0.05) is 6.08 Å². The van der Waals surface area contributed by atoms with Gasteiger partial charge in [-0.1, -0.05) is 19.9 Å². The summed E-state index contributed by atoms with van der Waals surface area (Å²) < 4.78 is 11.9. The second-order valence-corrected chi connectivity index (χ2v) is 12.9. The van der Waals surface area contributed by atoms with Gasteiger partial charge in [-0.2, -0.15) is 0 Å². The number of nitrogens with zero attached hydrogens (tertiary/aromatic N) is 1. The van der Waals surface area contributed by atoms with Gasteiger partial charge < -0.3 is 35.0 Å². The molecule has 0 amide bonds. The molecule has 0 aromatic carbocycles. The summed E-state index contributed by atoms with van der Waals surface area (Å²) in [6.07, 6.45) is 6.20. The van der Waals surface area contributed by atoms with Crippen molar-refractivity contribution < 1.29 is 35.0 Å². The Bertz CT molecular complexity index is 893. The standard InChI is InChI=1S/C27H43NO7S/c1-17(30)6-8-19-9-7-18(10-12-28-19)15-34-26(4,5)16-25(2,3)11-13-36-24-21-23(32)22(31)20(14-29)27(21,33)35-24/h7,9-10,17,20-24,29-33H,6,8,11,13-16H2,1-5H3. The highest BCUT2D eigenvalue weighted by Crippen LogP contribution is 2.56. The molecule has 1 aliphatic carbocycles. The third-order valence-electron chi connectivity index (χ3n) is 7.29. The SMILES string of the molecule is CC(O)CCC1=CC=C(COC(C)(C)CC(C)(C)CCSC2OC3(O)C(CO)C(O)C(O)C23)C=C=N1. The molecule has 1 saturated carbocycles. The van der Waals surface area contributed by atoms with Crippen LogP contribution in [0.25, 0.3) is 0 Å². The summed E-state index contributed by atoms with van der Waals surface area (Å²) in [6, 6.07) is 0. The predicted octanol–water partition coefficient (Wildman–Crippen LogP) is 2.54. The van der Waals surface area contributed by atoms with E-state index in [1.54, 1.807) is 6.92 Å². The predicted molar refractivity (Wildman–Crippen MR) is 140 cm³/mol. The van der Waals surface area contributed by atoms with Crippen LogP contribution < -0.4 is 0 Å². The van der Waals surface area contributed by atoms with E-state index in [1.165, 1.54) is 11.8 Å². The van der Waals surface area contributed by atoms with E-state index in [0.29, 0.717) is 19.4 Å². The minimum atomic E-state index is -1.66. The first kappa shape index (κ1) is 29.6. The average Bonchev–Trinajstić information content (AvgIpc) is 2.92. The van der Waals surface area contributed by atoms with Gasteiger partial charge in [0.25, 0.3) is 0 Å². The molecular formula is C27H43NO7S. The van der Waals surface area contributed by atoms with Gasteiger partial charge in [0.1, 0.15) is 5.44 Å². The zero-order valence-corrected chi connectivity index (χ0v) is 22.9. The molecular weight excluding hydrogens is 482 g/mol. The number of aliphatic imine (C=N–C) groups is 1. The summed E-state index contributed by atoms with van der Waals surface area (Å²) in [6.45, 7) is 10.3. The van der Waals surface area contributed by atoms with Crippen molar-refractivity contribution in [2.45, 2.75) is 95.4 Å². The number of aliphatic hydroxyl groups is 5. The van der Waals surface area contributed by atoms with Crippen LogP contribution in [0.15, 0.2) is 34.5 Å². The van der Waals surface area contributed by atoms with E-state index in [9.17, 15) is 25.5 Å². The Hall–Kier alpha value is -1.00. The molecule has 3 aliphatic rings. The zero-order chi connectivity index (χ0) is 26.7. The van der Waals surface area contributed by atoms with E-state index in [1.807, 2.05) is 18.2 Å². The number of fused-ring (bicyclic) bond motifs is 1. The second kappa shape index (κ2) is 11.8. The molecule has 5 N–H and O–H groups in total. The van der Waals surface area contributed by atoms with Gasteiger partial charge in [-0.25, -0.2) is 4.99 Å². The lowest BCUT2D eigenvalue weighted by molar-refractivity contribution is -0.355. The molecule has 0 spiro atoms. The number of thioether (sulfide) groups is 1. The molecule has 0 aromatic rings. The van der Waals surface area contributed by atoms with Crippen LogP contribution in [0.2, 0.25) is 0 Å². The van der Waals surface area contributed by atoms with Crippen molar-refractivity contribution in [1.82, 2.24) is 0 Å². The Morgan fingerprint density at radius 1 is 1.22 bits per heavy atom. The molecule has 7 atom stereocenters. The Labute approximate surface area is 218 Å². The van der Waals surface area contributed by atoms with E-state index < -0.39 is 41.9 Å². The molecule has 9 heteroatoms. The van der Waals surface area contributed by atoms with Crippen molar-refractivity contribution in [2.75, 3.05) is 19.0 Å². The molecule has 0 radical (unpaired) electrons. The molecule has 0 aromatic heterocycles. The van der Waals surface area contributed by atoms with E-state index in [0.717, 1.165) is 29.9 Å². The molecule has 2 fully saturated rings. The summed E-state index contributed by atoms with van der Waals surface area (Å²) in [7, 11) is 0. The highest BCUT2D eigenvalue weighted by Gasteiger charge is 2.70. The highest BCUT2D eigenvalue weighted by molar-refractivity contribution is 7.99. The molecule has 1 saturated heterocycles. The summed E-state index contributed by atoms with van der Waals surface area (Å²) in [4.78, 5) is 4.32. The fourth-order valence-corrected chi connectivity index (χ4v) is 7.06. The largest absolute Gasteiger partial charge is 0.396 e. The monoisotopic (exact) mass is 525 g/mol. The van der Waals surface area contributed by atoms with Crippen molar-refractivity contribution in [3.05, 3.63) is 29.5 Å². The van der Waals surface area contributed by atoms with Crippen molar-refractivity contribution in [1.29, 1.82) is 0 Å². The smallest absolute Gasteiger partial charge is 0.183 e. The van der Waals surface area contributed by atoms with Gasteiger partial charge in [-0.15, -0.1) is 11.8 Å². The summed E-state index contributed by atoms with van der Waals surface area (Å²) in [5, 5.41) is 50.0. The van der Waals surface area contributed by atoms with Gasteiger partial charge in [0.2, 0.25) is 0 Å². The fourth-order valence-electron chi connectivity index (χ4n) is 5.37. The van der Waals surface area contributed by atoms with Crippen molar-refractivity contribution in [3.8, 4) is 0 Å². The number of hydrogen-bond acceptors (Lipinski definition) is 9. The lowest BCUT2D eigenvalue weighted by Gasteiger charge is -2.49. The van der Waals surface area contributed by atoms with Gasteiger partial charge in [-0.05, 0) is 75.1 Å². The van der Waals surface area contributed by atoms with E-state index in [4.69, 9.17) is 9.47 Å². The quantitative estimate of drug-likeness (QED) is 0.248. The fraction of sp³-hybridized carbons (Fsp3) is 0.778. The first-order valence-corrected chi connectivity index (χ1v) is 13.8. The van der Waals surface area contributed by atoms with Crippen LogP contribution in [0, 0.1) is 17.3 Å². The van der Waals surface area contributed by atoms with Gasteiger partial charge in [-0.3, -0.25) is 0 Å². The van der Waals surface area contributed by atoms with Crippen LogP contribution in [0.1, 0.15) is 60.3 Å². The summed E-state index contributed by atoms with van der Waals surface area (Å²) in [5.74, 6) is 0.565.